The summed E-state index contributed by atoms with van der Waals surface area (Å²) in [5, 5.41) is 7.86. The van der Waals surface area contributed by atoms with E-state index in [1.165, 1.54) is 3.97 Å². The average Bonchev–Trinajstić information content (AvgIpc) is 3.64. The van der Waals surface area contributed by atoms with Gasteiger partial charge in [-0.3, -0.25) is 5.01 Å². The summed E-state index contributed by atoms with van der Waals surface area (Å²) in [6.45, 7) is 0. The van der Waals surface area contributed by atoms with Gasteiger partial charge in [0.05, 0.1) is 49.2 Å². The third-order valence-corrected chi connectivity index (χ3v) is 8.98. The molecule has 208 valence electrons. The van der Waals surface area contributed by atoms with Crippen molar-refractivity contribution >= 4 is 32.3 Å². The van der Waals surface area contributed by atoms with Crippen LogP contribution in [0.25, 0.3) is 10.9 Å². The number of benzene rings is 4. The lowest BCUT2D eigenvalue weighted by atomic mass is 9.97. The van der Waals surface area contributed by atoms with Crippen molar-refractivity contribution in [2.75, 3.05) is 26.3 Å². The third-order valence-electron chi connectivity index (χ3n) is 7.29. The zero-order chi connectivity index (χ0) is 28.6. The van der Waals surface area contributed by atoms with E-state index in [0.29, 0.717) is 29.2 Å². The van der Waals surface area contributed by atoms with Gasteiger partial charge in [0.15, 0.2) is 11.5 Å². The van der Waals surface area contributed by atoms with E-state index in [4.69, 9.17) is 19.3 Å². The number of rotatable bonds is 8. The first-order valence-electron chi connectivity index (χ1n) is 13.1. The zero-order valence-electron chi connectivity index (χ0n) is 22.9. The molecule has 0 saturated carbocycles. The number of nitrogens with zero attached hydrogens (tertiary/aromatic N) is 3. The second-order valence-electron chi connectivity index (χ2n) is 9.58. The molecule has 0 spiro atoms. The van der Waals surface area contributed by atoms with E-state index in [0.717, 1.165) is 27.9 Å². The Morgan fingerprint density at radius 2 is 1.39 bits per heavy atom. The SMILES string of the molecule is COc1cc(C2CC(c3cn(S(=O)(=O)c4ccccc4)c4ccccc34)=NN2c2ccccc2)cc(OC)c1OC. The van der Waals surface area contributed by atoms with Crippen molar-refractivity contribution < 1.29 is 22.6 Å². The molecule has 9 heteroatoms. The van der Waals surface area contributed by atoms with Gasteiger partial charge in [0.2, 0.25) is 5.75 Å². The summed E-state index contributed by atoms with van der Waals surface area (Å²) in [5.41, 5.74) is 3.95. The standard InChI is InChI=1S/C32H29N3O5S/c1-38-30-18-22(19-31(39-2)32(30)40-3)29-20-27(33-35(29)23-12-6-4-7-13-23)26-21-34(28-17-11-10-16-25(26)28)41(36,37)24-14-8-5-9-15-24/h4-19,21,29H,20H2,1-3H3. The maximum atomic E-state index is 13.7. The van der Waals surface area contributed by atoms with Gasteiger partial charge in [-0.2, -0.15) is 5.10 Å². The Bertz CT molecular complexity index is 1830. The molecule has 1 aromatic heterocycles. The molecule has 6 rings (SSSR count). The summed E-state index contributed by atoms with van der Waals surface area (Å²) in [6.07, 6.45) is 2.21. The van der Waals surface area contributed by atoms with Gasteiger partial charge < -0.3 is 14.2 Å². The molecule has 2 heterocycles. The predicted octanol–water partition coefficient (Wildman–Crippen LogP) is 6.26. The lowest BCUT2D eigenvalue weighted by Gasteiger charge is -2.25. The number of methoxy groups -OCH3 is 3. The monoisotopic (exact) mass is 567 g/mol. The molecular weight excluding hydrogens is 538 g/mol. The molecule has 0 N–H and O–H groups in total. The highest BCUT2D eigenvalue weighted by molar-refractivity contribution is 7.90. The van der Waals surface area contributed by atoms with Crippen molar-refractivity contribution in [1.29, 1.82) is 0 Å². The summed E-state index contributed by atoms with van der Waals surface area (Å²) >= 11 is 0. The average molecular weight is 568 g/mol. The summed E-state index contributed by atoms with van der Waals surface area (Å²) in [4.78, 5) is 0.224. The number of para-hydroxylation sites is 2. The van der Waals surface area contributed by atoms with Crippen LogP contribution in [0.15, 0.2) is 113 Å². The van der Waals surface area contributed by atoms with Crippen LogP contribution in [0.1, 0.15) is 23.6 Å². The van der Waals surface area contributed by atoms with Gasteiger partial charge in [0, 0.05) is 23.6 Å². The Labute approximate surface area is 239 Å². The second-order valence-corrected chi connectivity index (χ2v) is 11.4. The van der Waals surface area contributed by atoms with E-state index in [9.17, 15) is 8.42 Å². The molecule has 0 saturated heterocycles. The Kier molecular flexibility index (Phi) is 6.88. The Balaban J connectivity index is 1.51. The highest BCUT2D eigenvalue weighted by Crippen LogP contribution is 2.45. The number of hydrazone groups is 1. The first-order valence-corrected chi connectivity index (χ1v) is 14.5. The maximum absolute atomic E-state index is 13.7. The van der Waals surface area contributed by atoms with E-state index in [1.807, 2.05) is 71.7 Å². The highest BCUT2D eigenvalue weighted by atomic mass is 32.2. The quantitative estimate of drug-likeness (QED) is 0.220. The fourth-order valence-corrected chi connectivity index (χ4v) is 6.72. The van der Waals surface area contributed by atoms with Crippen molar-refractivity contribution in [3.63, 3.8) is 0 Å². The van der Waals surface area contributed by atoms with Gasteiger partial charge in [0.25, 0.3) is 10.0 Å². The number of anilines is 1. The van der Waals surface area contributed by atoms with Crippen molar-refractivity contribution in [3.8, 4) is 17.2 Å². The van der Waals surface area contributed by atoms with E-state index < -0.39 is 10.0 Å². The molecule has 1 atom stereocenters. The fourth-order valence-electron chi connectivity index (χ4n) is 5.33. The molecule has 1 unspecified atom stereocenters. The van der Waals surface area contributed by atoms with Crippen LogP contribution in [0.2, 0.25) is 0 Å². The number of hydrogen-bond donors (Lipinski definition) is 0. The van der Waals surface area contributed by atoms with Crippen LogP contribution in [-0.4, -0.2) is 39.4 Å². The summed E-state index contributed by atoms with van der Waals surface area (Å²) in [6, 6.07) is 29.5. The molecule has 1 aliphatic heterocycles. The van der Waals surface area contributed by atoms with Crippen LogP contribution in [0.5, 0.6) is 17.2 Å². The Morgan fingerprint density at radius 1 is 0.780 bits per heavy atom. The first kappa shape index (κ1) is 26.5. The zero-order valence-corrected chi connectivity index (χ0v) is 23.7. The molecule has 0 fully saturated rings. The smallest absolute Gasteiger partial charge is 0.268 e. The summed E-state index contributed by atoms with van der Waals surface area (Å²) in [7, 11) is 0.929. The first-order chi connectivity index (χ1) is 20.0. The molecule has 0 aliphatic carbocycles. The Morgan fingerprint density at radius 3 is 2.02 bits per heavy atom. The molecule has 8 nitrogen and oxygen atoms in total. The molecule has 1 aliphatic rings. The minimum Gasteiger partial charge on any atom is -0.493 e. The van der Waals surface area contributed by atoms with Crippen LogP contribution in [0.4, 0.5) is 5.69 Å². The van der Waals surface area contributed by atoms with Gasteiger partial charge in [-0.15, -0.1) is 0 Å². The molecule has 0 radical (unpaired) electrons. The van der Waals surface area contributed by atoms with Crippen LogP contribution < -0.4 is 19.2 Å². The fraction of sp³-hybridized carbons (Fsp3) is 0.156. The van der Waals surface area contributed by atoms with Crippen molar-refractivity contribution in [3.05, 3.63) is 114 Å². The molecule has 41 heavy (non-hydrogen) atoms. The van der Waals surface area contributed by atoms with E-state index in [-0.39, 0.29) is 10.9 Å². The van der Waals surface area contributed by atoms with Crippen molar-refractivity contribution in [2.45, 2.75) is 17.4 Å². The molecule has 0 amide bonds. The molecular formula is C32H29N3O5S. The largest absolute Gasteiger partial charge is 0.493 e. The molecule has 5 aromatic rings. The van der Waals surface area contributed by atoms with Gasteiger partial charge >= 0.3 is 0 Å². The second kappa shape index (κ2) is 10.7. The molecule has 4 aromatic carbocycles. The maximum Gasteiger partial charge on any atom is 0.268 e. The van der Waals surface area contributed by atoms with Gasteiger partial charge in [-0.25, -0.2) is 12.4 Å². The number of aromatic nitrogens is 1. The minimum absolute atomic E-state index is 0.214. The topological polar surface area (TPSA) is 82.4 Å². The summed E-state index contributed by atoms with van der Waals surface area (Å²) < 4.78 is 45.6. The Hall–Kier alpha value is -4.76. The van der Waals surface area contributed by atoms with Crippen LogP contribution in [0.3, 0.4) is 0 Å². The minimum atomic E-state index is -3.83. The van der Waals surface area contributed by atoms with Crippen molar-refractivity contribution in [1.82, 2.24) is 3.97 Å². The molecule has 0 bridgehead atoms. The summed E-state index contributed by atoms with van der Waals surface area (Å²) in [5.74, 6) is 1.61. The highest BCUT2D eigenvalue weighted by Gasteiger charge is 2.33. The van der Waals surface area contributed by atoms with Crippen molar-refractivity contribution in [2.24, 2.45) is 5.10 Å². The predicted molar refractivity (Wildman–Crippen MR) is 160 cm³/mol. The lowest BCUT2D eigenvalue weighted by molar-refractivity contribution is 0.323. The number of hydrogen-bond acceptors (Lipinski definition) is 7. The lowest BCUT2D eigenvalue weighted by Crippen LogP contribution is -2.18. The van der Waals surface area contributed by atoms with Crippen LogP contribution >= 0.6 is 0 Å². The van der Waals surface area contributed by atoms with Gasteiger partial charge in [-0.1, -0.05) is 54.6 Å². The third kappa shape index (κ3) is 4.58. The van der Waals surface area contributed by atoms with E-state index >= 15 is 0 Å². The number of ether oxygens (including phenoxy) is 3. The normalized spacial score (nSPS) is 15.1. The number of fused-ring (bicyclic) bond motifs is 1. The van der Waals surface area contributed by atoms with Gasteiger partial charge in [-0.05, 0) is 48.0 Å². The van der Waals surface area contributed by atoms with E-state index in [2.05, 4.69) is 0 Å². The van der Waals surface area contributed by atoms with Gasteiger partial charge in [0.1, 0.15) is 0 Å². The van der Waals surface area contributed by atoms with Crippen LogP contribution in [-0.2, 0) is 10.0 Å². The van der Waals surface area contributed by atoms with Crippen LogP contribution in [0, 0.1) is 0 Å². The van der Waals surface area contributed by atoms with E-state index in [1.54, 1.807) is 57.9 Å².